The van der Waals surface area contributed by atoms with Crippen LogP contribution >= 0.6 is 0 Å². The molecule has 5 nitrogen and oxygen atoms in total. The smallest absolute Gasteiger partial charge is 0.221 e. The average Bonchev–Trinajstić information content (AvgIpc) is 2.30. The molecule has 0 aromatic heterocycles. The first-order valence-electron chi connectivity index (χ1n) is 6.03. The molecule has 0 aliphatic heterocycles. The van der Waals surface area contributed by atoms with Gasteiger partial charge in [-0.05, 0) is 30.7 Å². The first kappa shape index (κ1) is 13.7. The summed E-state index contributed by atoms with van der Waals surface area (Å²) in [4.78, 5) is 11.0. The van der Waals surface area contributed by atoms with Crippen LogP contribution in [0.25, 0.3) is 0 Å². The van der Waals surface area contributed by atoms with Crippen molar-refractivity contribution >= 4 is 11.6 Å². The van der Waals surface area contributed by atoms with E-state index in [1.165, 1.54) is 25.1 Å². The lowest BCUT2D eigenvalue weighted by Gasteiger charge is -2.11. The minimum atomic E-state index is -0.143. The van der Waals surface area contributed by atoms with Crippen LogP contribution in [0.4, 0.5) is 5.69 Å². The van der Waals surface area contributed by atoms with Crippen molar-refractivity contribution < 1.29 is 19.7 Å². The van der Waals surface area contributed by atoms with Crippen LogP contribution in [0.2, 0.25) is 0 Å². The van der Waals surface area contributed by atoms with Gasteiger partial charge in [-0.1, -0.05) is 0 Å². The average molecular weight is 273 g/mol. The van der Waals surface area contributed by atoms with Gasteiger partial charge >= 0.3 is 0 Å². The lowest BCUT2D eigenvalue weighted by Crippen LogP contribution is -2.05. The summed E-state index contributed by atoms with van der Waals surface area (Å²) in [7, 11) is 0. The Kier molecular flexibility index (Phi) is 3.79. The molecule has 0 unspecified atom stereocenters. The van der Waals surface area contributed by atoms with Gasteiger partial charge in [-0.25, -0.2) is 0 Å². The number of nitrogens with one attached hydrogen (secondary N) is 1. The number of aromatic hydroxyl groups is 2. The number of aryl methyl sites for hydroxylation is 1. The highest BCUT2D eigenvalue weighted by molar-refractivity contribution is 5.88. The highest BCUT2D eigenvalue weighted by Gasteiger charge is 2.06. The Bertz CT molecular complexity index is 632. The summed E-state index contributed by atoms with van der Waals surface area (Å²) >= 11 is 0. The summed E-state index contributed by atoms with van der Waals surface area (Å²) in [5.74, 6) is 0.609. The fourth-order valence-electron chi connectivity index (χ4n) is 1.80. The summed E-state index contributed by atoms with van der Waals surface area (Å²) in [6.07, 6.45) is 0. The summed E-state index contributed by atoms with van der Waals surface area (Å²) in [6, 6.07) is 9.23. The van der Waals surface area contributed by atoms with E-state index in [9.17, 15) is 15.0 Å². The molecule has 0 saturated heterocycles. The number of carbonyl (C=O) groups is 1. The lowest BCUT2D eigenvalue weighted by molar-refractivity contribution is -0.114. The molecule has 3 N–H and O–H groups in total. The lowest BCUT2D eigenvalue weighted by atomic mass is 10.2. The first-order valence-corrected chi connectivity index (χ1v) is 6.03. The quantitative estimate of drug-likeness (QED) is 0.802. The van der Waals surface area contributed by atoms with Crippen LogP contribution in [0.3, 0.4) is 0 Å². The molecule has 0 bridgehead atoms. The predicted molar refractivity (Wildman–Crippen MR) is 75.3 cm³/mol. The zero-order chi connectivity index (χ0) is 14.7. The van der Waals surface area contributed by atoms with Gasteiger partial charge in [0.25, 0.3) is 0 Å². The number of ether oxygens (including phenoxy) is 1. The van der Waals surface area contributed by atoms with E-state index < -0.39 is 0 Å². The fraction of sp³-hybridized carbons (Fsp3) is 0.133. The highest BCUT2D eigenvalue weighted by Crippen LogP contribution is 2.32. The number of phenolic OH excluding ortho intramolecular Hbond substituents is 2. The second-order valence-corrected chi connectivity index (χ2v) is 4.45. The number of rotatable bonds is 3. The third-order valence-electron chi connectivity index (χ3n) is 2.60. The SMILES string of the molecule is CC(=O)Nc1ccc(Oc2cc(O)cc(O)c2)c(C)c1. The molecular weight excluding hydrogens is 258 g/mol. The van der Waals surface area contributed by atoms with Crippen LogP contribution in [0.1, 0.15) is 12.5 Å². The van der Waals surface area contributed by atoms with Crippen molar-refractivity contribution in [1.29, 1.82) is 0 Å². The maximum Gasteiger partial charge on any atom is 0.221 e. The fourth-order valence-corrected chi connectivity index (χ4v) is 1.80. The molecule has 0 heterocycles. The number of carbonyl (C=O) groups excluding carboxylic acids is 1. The Hall–Kier alpha value is -2.69. The van der Waals surface area contributed by atoms with E-state index in [2.05, 4.69) is 5.32 Å². The third-order valence-corrected chi connectivity index (χ3v) is 2.60. The van der Waals surface area contributed by atoms with Crippen molar-refractivity contribution in [3.8, 4) is 23.0 Å². The number of benzene rings is 2. The van der Waals surface area contributed by atoms with E-state index in [4.69, 9.17) is 4.74 Å². The Balaban J connectivity index is 2.23. The number of hydrogen-bond acceptors (Lipinski definition) is 4. The van der Waals surface area contributed by atoms with Crippen molar-refractivity contribution in [1.82, 2.24) is 0 Å². The summed E-state index contributed by atoms with van der Waals surface area (Å²) in [5.41, 5.74) is 1.50. The number of hydrogen-bond donors (Lipinski definition) is 3. The van der Waals surface area contributed by atoms with Gasteiger partial charge in [0.15, 0.2) is 0 Å². The van der Waals surface area contributed by atoms with Crippen LogP contribution in [-0.4, -0.2) is 16.1 Å². The molecule has 0 atom stereocenters. The van der Waals surface area contributed by atoms with E-state index in [1.54, 1.807) is 18.2 Å². The molecule has 2 rings (SSSR count). The largest absolute Gasteiger partial charge is 0.508 e. The highest BCUT2D eigenvalue weighted by atomic mass is 16.5. The molecule has 0 aliphatic rings. The molecular formula is C15H15NO4. The van der Waals surface area contributed by atoms with Crippen molar-refractivity contribution in [2.75, 3.05) is 5.32 Å². The van der Waals surface area contributed by atoms with Crippen LogP contribution in [-0.2, 0) is 4.79 Å². The molecule has 20 heavy (non-hydrogen) atoms. The van der Waals surface area contributed by atoms with E-state index in [-0.39, 0.29) is 17.4 Å². The minimum Gasteiger partial charge on any atom is -0.508 e. The van der Waals surface area contributed by atoms with Gasteiger partial charge in [-0.3, -0.25) is 4.79 Å². The summed E-state index contributed by atoms with van der Waals surface area (Å²) in [6.45, 7) is 3.28. The van der Waals surface area contributed by atoms with Crippen LogP contribution in [0, 0.1) is 6.92 Å². The van der Waals surface area contributed by atoms with Crippen molar-refractivity contribution in [2.24, 2.45) is 0 Å². The predicted octanol–water partition coefficient (Wildman–Crippen LogP) is 3.16. The molecule has 0 fully saturated rings. The number of amides is 1. The van der Waals surface area contributed by atoms with Crippen molar-refractivity contribution in [3.63, 3.8) is 0 Å². The molecule has 1 amide bonds. The normalized spacial score (nSPS) is 10.1. The van der Waals surface area contributed by atoms with Gasteiger partial charge in [0, 0.05) is 30.8 Å². The molecule has 5 heteroatoms. The topological polar surface area (TPSA) is 78.8 Å². The van der Waals surface area contributed by atoms with Gasteiger partial charge in [0.1, 0.15) is 23.0 Å². The molecule has 0 spiro atoms. The van der Waals surface area contributed by atoms with Gasteiger partial charge in [-0.2, -0.15) is 0 Å². The number of anilines is 1. The molecule has 0 radical (unpaired) electrons. The van der Waals surface area contributed by atoms with Gasteiger partial charge in [0.05, 0.1) is 0 Å². The van der Waals surface area contributed by atoms with Crippen molar-refractivity contribution in [3.05, 3.63) is 42.0 Å². The Labute approximate surface area is 116 Å². The summed E-state index contributed by atoms with van der Waals surface area (Å²) in [5, 5.41) is 21.5. The maximum atomic E-state index is 11.0. The van der Waals surface area contributed by atoms with Gasteiger partial charge < -0.3 is 20.3 Å². The molecule has 2 aromatic carbocycles. The van der Waals surface area contributed by atoms with Gasteiger partial charge in [0.2, 0.25) is 5.91 Å². The second kappa shape index (κ2) is 5.52. The Morgan fingerprint density at radius 1 is 1.10 bits per heavy atom. The molecule has 0 aliphatic carbocycles. The zero-order valence-corrected chi connectivity index (χ0v) is 11.2. The maximum absolute atomic E-state index is 11.0. The Morgan fingerprint density at radius 3 is 2.30 bits per heavy atom. The monoisotopic (exact) mass is 273 g/mol. The van der Waals surface area contributed by atoms with Crippen molar-refractivity contribution in [2.45, 2.75) is 13.8 Å². The van der Waals surface area contributed by atoms with Gasteiger partial charge in [-0.15, -0.1) is 0 Å². The standard InChI is InChI=1S/C15H15NO4/c1-9-5-11(16-10(2)17)3-4-15(9)20-14-7-12(18)6-13(19)8-14/h3-8,18-19H,1-2H3,(H,16,17). The molecule has 0 saturated carbocycles. The van der Waals surface area contributed by atoms with Crippen LogP contribution in [0.15, 0.2) is 36.4 Å². The van der Waals surface area contributed by atoms with E-state index in [1.807, 2.05) is 6.92 Å². The number of phenols is 2. The van der Waals surface area contributed by atoms with E-state index >= 15 is 0 Å². The molecule has 104 valence electrons. The third kappa shape index (κ3) is 3.41. The van der Waals surface area contributed by atoms with Crippen LogP contribution in [0.5, 0.6) is 23.0 Å². The minimum absolute atomic E-state index is 0.0764. The first-order chi connectivity index (χ1) is 9.44. The zero-order valence-electron chi connectivity index (χ0n) is 11.2. The van der Waals surface area contributed by atoms with E-state index in [0.29, 0.717) is 17.2 Å². The summed E-state index contributed by atoms with van der Waals surface area (Å²) < 4.78 is 5.60. The van der Waals surface area contributed by atoms with E-state index in [0.717, 1.165) is 5.56 Å². The Morgan fingerprint density at radius 2 is 1.75 bits per heavy atom. The van der Waals surface area contributed by atoms with Crippen LogP contribution < -0.4 is 10.1 Å². The second-order valence-electron chi connectivity index (χ2n) is 4.45. The molecule has 2 aromatic rings.